The molecule has 2 N–H and O–H groups in total. The Labute approximate surface area is 199 Å². The number of carbonyl (C=O) groups is 1. The maximum Gasteiger partial charge on any atom is 0.246 e. The molecule has 0 aliphatic heterocycles. The minimum Gasteiger partial charge on any atom is -0.372 e. The van der Waals surface area contributed by atoms with Crippen molar-refractivity contribution in [1.29, 1.82) is 0 Å². The lowest BCUT2D eigenvalue weighted by atomic mass is 10.1. The Morgan fingerprint density at radius 3 is 2.31 bits per heavy atom. The van der Waals surface area contributed by atoms with Crippen molar-refractivity contribution in [2.24, 2.45) is 11.7 Å². The maximum absolute atomic E-state index is 10.9. The van der Waals surface area contributed by atoms with Gasteiger partial charge in [-0.2, -0.15) is 0 Å². The Morgan fingerprint density at radius 2 is 1.81 bits per heavy atom. The molecule has 0 spiro atoms. The monoisotopic (exact) mass is 445 g/mol. The van der Waals surface area contributed by atoms with E-state index in [1.165, 1.54) is 56.8 Å². The number of allylic oxidation sites excluding steroid dienone is 3. The quantitative estimate of drug-likeness (QED) is 0.293. The van der Waals surface area contributed by atoms with Crippen LogP contribution in [0.1, 0.15) is 96.6 Å². The number of rotatable bonds is 10. The zero-order chi connectivity index (χ0) is 24.6. The van der Waals surface area contributed by atoms with Crippen LogP contribution in [-0.2, 0) is 16.0 Å². The third-order valence-corrected chi connectivity index (χ3v) is 5.28. The molecule has 1 aliphatic rings. The number of carbonyl (C=O) groups excluding carboxylic acids is 1. The van der Waals surface area contributed by atoms with Crippen molar-refractivity contribution in [3.05, 3.63) is 60.2 Å². The Balaban J connectivity index is 0. The van der Waals surface area contributed by atoms with Gasteiger partial charge in [0.2, 0.25) is 5.91 Å². The number of unbranched alkanes of at least 4 members (excludes halogenated alkanes) is 2. The first-order valence-electron chi connectivity index (χ1n) is 12.6. The average Bonchev–Trinajstić information content (AvgIpc) is 3.31. The maximum atomic E-state index is 10.9. The Hall–Kier alpha value is -1.87. The van der Waals surface area contributed by atoms with Crippen LogP contribution < -0.4 is 5.73 Å². The van der Waals surface area contributed by atoms with Crippen molar-refractivity contribution < 1.29 is 9.53 Å². The topological polar surface area (TPSA) is 52.3 Å². The normalized spacial score (nSPS) is 13.7. The Bertz CT molecular complexity index is 589. The number of methoxy groups -OCH3 is 1. The molecular weight excluding hydrogens is 394 g/mol. The predicted molar refractivity (Wildman–Crippen MR) is 142 cm³/mol. The Morgan fingerprint density at radius 1 is 1.22 bits per heavy atom. The molecule has 1 aromatic carbocycles. The van der Waals surface area contributed by atoms with E-state index in [-0.39, 0.29) is 5.91 Å². The summed E-state index contributed by atoms with van der Waals surface area (Å²) < 4.78 is 5.01. The van der Waals surface area contributed by atoms with Crippen LogP contribution in [0.3, 0.4) is 0 Å². The van der Waals surface area contributed by atoms with Crippen LogP contribution in [0.25, 0.3) is 0 Å². The first-order chi connectivity index (χ1) is 15.5. The van der Waals surface area contributed by atoms with Gasteiger partial charge in [-0.3, -0.25) is 4.79 Å². The van der Waals surface area contributed by atoms with Crippen molar-refractivity contribution in [2.45, 2.75) is 105 Å². The highest BCUT2D eigenvalue weighted by molar-refractivity contribution is 5.78. The summed E-state index contributed by atoms with van der Waals surface area (Å²) in [4.78, 5) is 10.9. The van der Waals surface area contributed by atoms with E-state index in [4.69, 9.17) is 10.5 Å². The number of benzene rings is 1. The fourth-order valence-electron chi connectivity index (χ4n) is 3.57. The van der Waals surface area contributed by atoms with Crippen LogP contribution in [0.2, 0.25) is 0 Å². The number of primary amides is 1. The van der Waals surface area contributed by atoms with E-state index >= 15 is 0 Å². The first kappa shape index (κ1) is 32.3. The van der Waals surface area contributed by atoms with E-state index in [1.807, 2.05) is 20.8 Å². The second-order valence-corrected chi connectivity index (χ2v) is 7.97. The molecule has 1 saturated carbocycles. The minimum absolute atomic E-state index is 0.353. The molecule has 184 valence electrons. The van der Waals surface area contributed by atoms with Crippen LogP contribution in [0.15, 0.2) is 49.1 Å². The van der Waals surface area contributed by atoms with Crippen LogP contribution in [0.5, 0.6) is 0 Å². The number of hydrogen-bond acceptors (Lipinski definition) is 2. The molecule has 1 unspecified atom stereocenters. The third-order valence-electron chi connectivity index (χ3n) is 5.28. The van der Waals surface area contributed by atoms with Crippen molar-refractivity contribution in [1.82, 2.24) is 0 Å². The fraction of sp³-hybridized carbons (Fsp3) is 0.621. The molecular formula is C29H51NO2. The minimum atomic E-state index is -0.409. The summed E-state index contributed by atoms with van der Waals surface area (Å²) in [5.74, 6) is 0.473. The Kier molecular flexibility index (Phi) is 24.0. The van der Waals surface area contributed by atoms with Gasteiger partial charge in [0.15, 0.2) is 0 Å². The van der Waals surface area contributed by atoms with E-state index in [9.17, 15) is 4.79 Å². The zero-order valence-corrected chi connectivity index (χ0v) is 21.9. The number of aryl methyl sites for hydroxylation is 2. The molecule has 0 aromatic heterocycles. The van der Waals surface area contributed by atoms with Crippen LogP contribution >= 0.6 is 0 Å². The van der Waals surface area contributed by atoms with Crippen molar-refractivity contribution in [3.8, 4) is 0 Å². The summed E-state index contributed by atoms with van der Waals surface area (Å²) in [5.41, 5.74) is 8.10. The van der Waals surface area contributed by atoms with Gasteiger partial charge in [0.1, 0.15) is 6.10 Å². The summed E-state index contributed by atoms with van der Waals surface area (Å²) in [7, 11) is 1.54. The van der Waals surface area contributed by atoms with Gasteiger partial charge in [0, 0.05) is 7.11 Å². The second kappa shape index (κ2) is 23.8. The lowest BCUT2D eigenvalue weighted by Crippen LogP contribution is -2.29. The second-order valence-electron chi connectivity index (χ2n) is 7.97. The van der Waals surface area contributed by atoms with E-state index < -0.39 is 6.10 Å². The number of hydrogen-bond donors (Lipinski definition) is 1. The molecule has 0 saturated heterocycles. The van der Waals surface area contributed by atoms with Gasteiger partial charge < -0.3 is 10.5 Å². The molecule has 3 nitrogen and oxygen atoms in total. The van der Waals surface area contributed by atoms with Crippen molar-refractivity contribution in [3.63, 3.8) is 0 Å². The third kappa shape index (κ3) is 17.8. The molecule has 1 atom stereocenters. The van der Waals surface area contributed by atoms with Gasteiger partial charge in [-0.15, -0.1) is 6.58 Å². The highest BCUT2D eigenvalue weighted by atomic mass is 16.5. The highest BCUT2D eigenvalue weighted by Crippen LogP contribution is 2.25. The lowest BCUT2D eigenvalue weighted by molar-refractivity contribution is -0.128. The predicted octanol–water partition coefficient (Wildman–Crippen LogP) is 7.96. The highest BCUT2D eigenvalue weighted by Gasteiger charge is 2.13. The van der Waals surface area contributed by atoms with E-state index in [0.717, 1.165) is 31.6 Å². The average molecular weight is 446 g/mol. The van der Waals surface area contributed by atoms with Gasteiger partial charge >= 0.3 is 0 Å². The van der Waals surface area contributed by atoms with Crippen LogP contribution in [-0.4, -0.2) is 19.1 Å². The standard InChI is InChI=1S/C14H25NO2.C10H14.C3H6.C2H6/c1-17-13(14(15)16)11-5-3-2-4-8-12-9-6-7-10-12;1-3-6-10-8-5-4-7-9(10)2;1-3-2;1-2/h4,8,12-13H,2-3,5-7,9-11H2,1H3,(H2,15,16);4-5,7-8H,3,6H2,1-2H3;3H,1H2,2H3;1-2H3/b8-4+;;;. The molecule has 1 aromatic rings. The number of amides is 1. The molecule has 0 heterocycles. The molecule has 0 radical (unpaired) electrons. The van der Waals surface area contributed by atoms with E-state index in [0.29, 0.717) is 0 Å². The molecule has 0 bridgehead atoms. The summed E-state index contributed by atoms with van der Waals surface area (Å²) in [6, 6.07) is 8.58. The van der Waals surface area contributed by atoms with Gasteiger partial charge in [-0.25, -0.2) is 0 Å². The van der Waals surface area contributed by atoms with Gasteiger partial charge in [-0.1, -0.05) is 88.9 Å². The molecule has 32 heavy (non-hydrogen) atoms. The van der Waals surface area contributed by atoms with E-state index in [2.05, 4.69) is 56.8 Å². The van der Waals surface area contributed by atoms with Gasteiger partial charge in [-0.05, 0) is 69.4 Å². The fourth-order valence-corrected chi connectivity index (χ4v) is 3.57. The summed E-state index contributed by atoms with van der Waals surface area (Å²) in [6.07, 6.45) is 17.9. The molecule has 1 fully saturated rings. The SMILES string of the molecule is C=CC.CC.CCCc1ccccc1C.COC(CCCC/C=C/C1CCCC1)C(N)=O. The largest absolute Gasteiger partial charge is 0.372 e. The smallest absolute Gasteiger partial charge is 0.246 e. The summed E-state index contributed by atoms with van der Waals surface area (Å²) >= 11 is 0. The molecule has 3 heteroatoms. The summed E-state index contributed by atoms with van der Waals surface area (Å²) in [6.45, 7) is 13.6. The van der Waals surface area contributed by atoms with Crippen LogP contribution in [0, 0.1) is 12.8 Å². The lowest BCUT2D eigenvalue weighted by Gasteiger charge is -2.10. The molecule has 2 rings (SSSR count). The van der Waals surface area contributed by atoms with Crippen molar-refractivity contribution >= 4 is 5.91 Å². The van der Waals surface area contributed by atoms with Crippen molar-refractivity contribution in [2.75, 3.05) is 7.11 Å². The van der Waals surface area contributed by atoms with Gasteiger partial charge in [0.25, 0.3) is 0 Å². The van der Waals surface area contributed by atoms with Gasteiger partial charge in [0.05, 0.1) is 0 Å². The number of nitrogens with two attached hydrogens (primary N) is 1. The number of ether oxygens (including phenoxy) is 1. The molecule has 1 amide bonds. The van der Waals surface area contributed by atoms with Crippen LogP contribution in [0.4, 0.5) is 0 Å². The summed E-state index contributed by atoms with van der Waals surface area (Å²) in [5, 5.41) is 0. The zero-order valence-electron chi connectivity index (χ0n) is 21.9. The first-order valence-corrected chi connectivity index (χ1v) is 12.6. The van der Waals surface area contributed by atoms with E-state index in [1.54, 1.807) is 6.08 Å². The molecule has 1 aliphatic carbocycles.